The maximum Gasteiger partial charge on any atom is 0.355 e. The van der Waals surface area contributed by atoms with E-state index in [0.717, 1.165) is 5.56 Å². The molecule has 0 spiro atoms. The number of hydrogen-bond acceptors (Lipinski definition) is 5. The Balaban J connectivity index is 1.52. The fraction of sp³-hybridized carbons (Fsp3) is 0.294. The molecule has 1 aliphatic rings. The molecular formula is C17H17N3O4S. The summed E-state index contributed by atoms with van der Waals surface area (Å²) < 4.78 is 0. The van der Waals surface area contributed by atoms with Crippen molar-refractivity contribution in [3.63, 3.8) is 0 Å². The second kappa shape index (κ2) is 7.43. The largest absolute Gasteiger partial charge is 0.476 e. The minimum Gasteiger partial charge on any atom is -0.476 e. The maximum atomic E-state index is 12.3. The number of carbonyl (C=O) groups excluding carboxylic acids is 2. The van der Waals surface area contributed by atoms with Crippen molar-refractivity contribution in [3.8, 4) is 0 Å². The molecule has 1 aliphatic heterocycles. The van der Waals surface area contributed by atoms with Crippen molar-refractivity contribution in [2.24, 2.45) is 5.92 Å². The lowest BCUT2D eigenvalue weighted by Gasteiger charge is -2.16. The number of thiazole rings is 1. The van der Waals surface area contributed by atoms with Crippen LogP contribution in [0.1, 0.15) is 27.5 Å². The summed E-state index contributed by atoms with van der Waals surface area (Å²) in [5.41, 5.74) is 1.00. The lowest BCUT2D eigenvalue weighted by molar-refractivity contribution is -0.129. The van der Waals surface area contributed by atoms with Gasteiger partial charge in [0, 0.05) is 24.9 Å². The third-order valence-corrected chi connectivity index (χ3v) is 4.84. The maximum absolute atomic E-state index is 12.3. The summed E-state index contributed by atoms with van der Waals surface area (Å²) in [7, 11) is 0. The molecule has 0 bridgehead atoms. The standard InChI is InChI=1S/C17H17N3O4S/c21-15-6-12(9-20(15)8-11-4-2-1-3-5-11)16(22)18-7-14-19-13(10-25-14)17(23)24/h1-5,10,12H,6-9H2,(H,18,22)(H,23,24). The van der Waals surface area contributed by atoms with E-state index in [4.69, 9.17) is 5.11 Å². The Kier molecular flexibility index (Phi) is 5.08. The van der Waals surface area contributed by atoms with E-state index in [0.29, 0.717) is 18.1 Å². The SMILES string of the molecule is O=C(O)c1csc(CNC(=O)C2CC(=O)N(Cc3ccccc3)C2)n1. The molecule has 1 saturated heterocycles. The fourth-order valence-electron chi connectivity index (χ4n) is 2.70. The molecule has 130 valence electrons. The molecule has 1 aromatic heterocycles. The number of carboxylic acids is 1. The number of nitrogens with one attached hydrogen (secondary N) is 1. The zero-order chi connectivity index (χ0) is 17.8. The molecule has 0 saturated carbocycles. The van der Waals surface area contributed by atoms with Gasteiger partial charge in [-0.1, -0.05) is 30.3 Å². The lowest BCUT2D eigenvalue weighted by Crippen LogP contribution is -2.32. The summed E-state index contributed by atoms with van der Waals surface area (Å²) >= 11 is 1.18. The number of aromatic nitrogens is 1. The van der Waals surface area contributed by atoms with E-state index in [-0.39, 0.29) is 30.5 Å². The predicted molar refractivity (Wildman–Crippen MR) is 90.9 cm³/mol. The number of amides is 2. The number of carbonyl (C=O) groups is 3. The summed E-state index contributed by atoms with van der Waals surface area (Å²) in [6, 6.07) is 9.64. The van der Waals surface area contributed by atoms with E-state index >= 15 is 0 Å². The predicted octanol–water partition coefficient (Wildman–Crippen LogP) is 1.51. The first-order valence-electron chi connectivity index (χ1n) is 7.80. The van der Waals surface area contributed by atoms with Crippen LogP contribution in [0.15, 0.2) is 35.7 Å². The van der Waals surface area contributed by atoms with Crippen molar-refractivity contribution in [2.45, 2.75) is 19.5 Å². The average molecular weight is 359 g/mol. The van der Waals surface area contributed by atoms with Gasteiger partial charge in [-0.3, -0.25) is 9.59 Å². The Hall–Kier alpha value is -2.74. The first-order chi connectivity index (χ1) is 12.0. The van der Waals surface area contributed by atoms with Crippen LogP contribution in [0.2, 0.25) is 0 Å². The summed E-state index contributed by atoms with van der Waals surface area (Å²) in [6.07, 6.45) is 0.191. The summed E-state index contributed by atoms with van der Waals surface area (Å²) in [5, 5.41) is 13.5. The Bertz CT molecular complexity index is 790. The number of benzene rings is 1. The topological polar surface area (TPSA) is 99.6 Å². The van der Waals surface area contributed by atoms with Crippen molar-refractivity contribution in [1.29, 1.82) is 0 Å². The number of carboxylic acid groups (broad SMARTS) is 1. The van der Waals surface area contributed by atoms with Gasteiger partial charge in [-0.15, -0.1) is 11.3 Å². The number of nitrogens with zero attached hydrogens (tertiary/aromatic N) is 2. The molecule has 0 radical (unpaired) electrons. The molecule has 7 nitrogen and oxygen atoms in total. The Morgan fingerprint density at radius 2 is 2.08 bits per heavy atom. The van der Waals surface area contributed by atoms with Gasteiger partial charge >= 0.3 is 5.97 Å². The van der Waals surface area contributed by atoms with Crippen molar-refractivity contribution in [2.75, 3.05) is 6.54 Å². The van der Waals surface area contributed by atoms with Gasteiger partial charge in [0.25, 0.3) is 0 Å². The van der Waals surface area contributed by atoms with E-state index in [1.807, 2.05) is 30.3 Å². The van der Waals surface area contributed by atoms with E-state index in [9.17, 15) is 14.4 Å². The molecule has 3 rings (SSSR count). The second-order valence-corrected chi connectivity index (χ2v) is 6.75. The molecule has 2 amide bonds. The monoisotopic (exact) mass is 359 g/mol. The number of rotatable bonds is 6. The van der Waals surface area contributed by atoms with Crippen LogP contribution in [0.25, 0.3) is 0 Å². The smallest absolute Gasteiger partial charge is 0.355 e. The second-order valence-electron chi connectivity index (χ2n) is 5.81. The molecule has 1 unspecified atom stereocenters. The van der Waals surface area contributed by atoms with E-state index in [1.165, 1.54) is 16.7 Å². The molecular weight excluding hydrogens is 342 g/mol. The summed E-state index contributed by atoms with van der Waals surface area (Å²) in [5.74, 6) is -1.73. The molecule has 2 aromatic rings. The molecule has 1 atom stereocenters. The van der Waals surface area contributed by atoms with Crippen molar-refractivity contribution in [1.82, 2.24) is 15.2 Å². The molecule has 2 N–H and O–H groups in total. The molecule has 0 aliphatic carbocycles. The van der Waals surface area contributed by atoms with Gasteiger partial charge in [-0.2, -0.15) is 0 Å². The van der Waals surface area contributed by atoms with Crippen molar-refractivity contribution >= 4 is 29.1 Å². The van der Waals surface area contributed by atoms with Gasteiger partial charge in [0.2, 0.25) is 11.8 Å². The van der Waals surface area contributed by atoms with Crippen LogP contribution in [0.4, 0.5) is 0 Å². The highest BCUT2D eigenvalue weighted by molar-refractivity contribution is 7.09. The molecule has 2 heterocycles. The van der Waals surface area contributed by atoms with Gasteiger partial charge in [-0.05, 0) is 5.56 Å². The minimum atomic E-state index is -1.09. The van der Waals surface area contributed by atoms with Crippen LogP contribution in [0.5, 0.6) is 0 Å². The number of hydrogen-bond donors (Lipinski definition) is 2. The number of aromatic carboxylic acids is 1. The third-order valence-electron chi connectivity index (χ3n) is 3.99. The van der Waals surface area contributed by atoms with Crippen LogP contribution in [0, 0.1) is 5.92 Å². The van der Waals surface area contributed by atoms with Crippen LogP contribution in [0.3, 0.4) is 0 Å². The first-order valence-corrected chi connectivity index (χ1v) is 8.68. The Morgan fingerprint density at radius 1 is 1.32 bits per heavy atom. The summed E-state index contributed by atoms with van der Waals surface area (Å²) in [6.45, 7) is 1.05. The number of likely N-dealkylation sites (tertiary alicyclic amines) is 1. The first kappa shape index (κ1) is 17.1. The van der Waals surface area contributed by atoms with Gasteiger partial charge in [-0.25, -0.2) is 9.78 Å². The van der Waals surface area contributed by atoms with E-state index < -0.39 is 11.9 Å². The van der Waals surface area contributed by atoms with Gasteiger partial charge in [0.1, 0.15) is 5.01 Å². The Labute approximate surface area is 148 Å². The highest BCUT2D eigenvalue weighted by atomic mass is 32.1. The third kappa shape index (κ3) is 4.21. The van der Waals surface area contributed by atoms with Crippen LogP contribution < -0.4 is 5.32 Å². The van der Waals surface area contributed by atoms with Crippen molar-refractivity contribution < 1.29 is 19.5 Å². The quantitative estimate of drug-likeness (QED) is 0.814. The normalized spacial score (nSPS) is 16.9. The van der Waals surface area contributed by atoms with Gasteiger partial charge in [0.05, 0.1) is 12.5 Å². The highest BCUT2D eigenvalue weighted by Gasteiger charge is 2.34. The molecule has 25 heavy (non-hydrogen) atoms. The molecule has 8 heteroatoms. The van der Waals surface area contributed by atoms with E-state index in [1.54, 1.807) is 4.90 Å². The van der Waals surface area contributed by atoms with E-state index in [2.05, 4.69) is 10.3 Å². The Morgan fingerprint density at radius 3 is 2.76 bits per heavy atom. The van der Waals surface area contributed by atoms with Crippen LogP contribution in [-0.2, 0) is 22.7 Å². The molecule has 1 fully saturated rings. The van der Waals surface area contributed by atoms with Crippen LogP contribution in [-0.4, -0.2) is 39.3 Å². The van der Waals surface area contributed by atoms with Gasteiger partial charge < -0.3 is 15.3 Å². The van der Waals surface area contributed by atoms with Crippen molar-refractivity contribution in [3.05, 3.63) is 52.0 Å². The highest BCUT2D eigenvalue weighted by Crippen LogP contribution is 2.20. The fourth-order valence-corrected chi connectivity index (χ4v) is 3.41. The zero-order valence-corrected chi connectivity index (χ0v) is 14.2. The van der Waals surface area contributed by atoms with Crippen LogP contribution >= 0.6 is 11.3 Å². The zero-order valence-electron chi connectivity index (χ0n) is 13.3. The summed E-state index contributed by atoms with van der Waals surface area (Å²) in [4.78, 5) is 40.8. The molecule has 1 aromatic carbocycles. The minimum absolute atomic E-state index is 0.0284. The lowest BCUT2D eigenvalue weighted by atomic mass is 10.1. The van der Waals surface area contributed by atoms with Gasteiger partial charge in [0.15, 0.2) is 5.69 Å². The average Bonchev–Trinajstić information content (AvgIpc) is 3.21.